The molecule has 0 aliphatic heterocycles. The SMILES string of the molecule is Cc1cccc(-c2nc(NC3CCCC(C)C3C)c3ccccc3n2)c1. The Hall–Kier alpha value is -2.42. The van der Waals surface area contributed by atoms with E-state index < -0.39 is 0 Å². The van der Waals surface area contributed by atoms with Gasteiger partial charge in [0.1, 0.15) is 5.82 Å². The Morgan fingerprint density at radius 3 is 2.65 bits per heavy atom. The van der Waals surface area contributed by atoms with Crippen molar-refractivity contribution in [3.05, 3.63) is 54.1 Å². The van der Waals surface area contributed by atoms with Gasteiger partial charge in [-0.3, -0.25) is 0 Å². The number of fused-ring (bicyclic) bond motifs is 1. The van der Waals surface area contributed by atoms with Gasteiger partial charge in [-0.1, -0.05) is 62.6 Å². The Balaban J connectivity index is 1.77. The molecule has 2 aromatic carbocycles. The first-order valence-electron chi connectivity index (χ1n) is 9.72. The second-order valence-electron chi connectivity index (χ2n) is 7.80. The molecule has 0 amide bonds. The predicted octanol–water partition coefficient (Wildman–Crippen LogP) is 5.84. The van der Waals surface area contributed by atoms with Crippen LogP contribution in [0.4, 0.5) is 5.82 Å². The maximum Gasteiger partial charge on any atom is 0.162 e. The summed E-state index contributed by atoms with van der Waals surface area (Å²) in [6.07, 6.45) is 3.83. The van der Waals surface area contributed by atoms with Crippen molar-refractivity contribution in [2.24, 2.45) is 11.8 Å². The van der Waals surface area contributed by atoms with Crippen LogP contribution in [-0.2, 0) is 0 Å². The lowest BCUT2D eigenvalue weighted by molar-refractivity contribution is 0.253. The van der Waals surface area contributed by atoms with Crippen molar-refractivity contribution in [3.63, 3.8) is 0 Å². The number of benzene rings is 2. The smallest absolute Gasteiger partial charge is 0.162 e. The van der Waals surface area contributed by atoms with Crippen LogP contribution in [-0.4, -0.2) is 16.0 Å². The molecule has 26 heavy (non-hydrogen) atoms. The van der Waals surface area contributed by atoms with Gasteiger partial charge in [-0.25, -0.2) is 9.97 Å². The Bertz CT molecular complexity index is 918. The molecule has 0 spiro atoms. The van der Waals surface area contributed by atoms with Gasteiger partial charge in [-0.15, -0.1) is 0 Å². The van der Waals surface area contributed by atoms with Crippen molar-refractivity contribution < 1.29 is 0 Å². The minimum absolute atomic E-state index is 0.474. The highest BCUT2D eigenvalue weighted by molar-refractivity contribution is 5.90. The number of anilines is 1. The monoisotopic (exact) mass is 345 g/mol. The van der Waals surface area contributed by atoms with Crippen LogP contribution >= 0.6 is 0 Å². The van der Waals surface area contributed by atoms with Crippen LogP contribution in [0.25, 0.3) is 22.3 Å². The van der Waals surface area contributed by atoms with Crippen molar-refractivity contribution in [1.29, 1.82) is 0 Å². The van der Waals surface area contributed by atoms with E-state index in [4.69, 9.17) is 9.97 Å². The summed E-state index contributed by atoms with van der Waals surface area (Å²) in [5.74, 6) is 3.18. The van der Waals surface area contributed by atoms with E-state index in [1.165, 1.54) is 24.8 Å². The lowest BCUT2D eigenvalue weighted by Gasteiger charge is -2.35. The van der Waals surface area contributed by atoms with Crippen molar-refractivity contribution >= 4 is 16.7 Å². The number of para-hydroxylation sites is 1. The fraction of sp³-hybridized carbons (Fsp3) is 0.391. The van der Waals surface area contributed by atoms with E-state index in [-0.39, 0.29) is 0 Å². The zero-order valence-electron chi connectivity index (χ0n) is 15.9. The molecule has 0 radical (unpaired) electrons. The van der Waals surface area contributed by atoms with Crippen LogP contribution in [0.2, 0.25) is 0 Å². The molecule has 1 aromatic heterocycles. The van der Waals surface area contributed by atoms with Gasteiger partial charge < -0.3 is 5.32 Å². The number of nitrogens with one attached hydrogen (secondary N) is 1. The number of hydrogen-bond donors (Lipinski definition) is 1. The molecule has 1 heterocycles. The van der Waals surface area contributed by atoms with Gasteiger partial charge in [0.25, 0.3) is 0 Å². The molecule has 3 atom stereocenters. The number of aromatic nitrogens is 2. The van der Waals surface area contributed by atoms with Gasteiger partial charge >= 0.3 is 0 Å². The highest BCUT2D eigenvalue weighted by Crippen LogP contribution is 2.33. The summed E-state index contributed by atoms with van der Waals surface area (Å²) in [7, 11) is 0. The maximum absolute atomic E-state index is 4.94. The van der Waals surface area contributed by atoms with Gasteiger partial charge in [0, 0.05) is 17.0 Å². The molecule has 1 aliphatic rings. The number of aryl methyl sites for hydroxylation is 1. The first-order valence-corrected chi connectivity index (χ1v) is 9.72. The summed E-state index contributed by atoms with van der Waals surface area (Å²) >= 11 is 0. The fourth-order valence-electron chi connectivity index (χ4n) is 4.06. The van der Waals surface area contributed by atoms with Gasteiger partial charge in [0.2, 0.25) is 0 Å². The summed E-state index contributed by atoms with van der Waals surface area (Å²) in [4.78, 5) is 9.77. The molecule has 1 saturated carbocycles. The maximum atomic E-state index is 4.94. The molecule has 3 aromatic rings. The Morgan fingerprint density at radius 1 is 0.962 bits per heavy atom. The van der Waals surface area contributed by atoms with Crippen molar-refractivity contribution in [3.8, 4) is 11.4 Å². The van der Waals surface area contributed by atoms with Gasteiger partial charge in [0.15, 0.2) is 5.82 Å². The molecular weight excluding hydrogens is 318 g/mol. The first-order chi connectivity index (χ1) is 12.6. The molecule has 1 fully saturated rings. The van der Waals surface area contributed by atoms with Crippen LogP contribution in [0.15, 0.2) is 48.5 Å². The average Bonchev–Trinajstić information content (AvgIpc) is 2.65. The minimum atomic E-state index is 0.474. The molecule has 1 aliphatic carbocycles. The Kier molecular flexibility index (Phi) is 4.62. The number of hydrogen-bond acceptors (Lipinski definition) is 3. The third-order valence-corrected chi connectivity index (χ3v) is 5.91. The van der Waals surface area contributed by atoms with E-state index in [2.05, 4.69) is 68.6 Å². The molecular formula is C23H27N3. The molecule has 3 nitrogen and oxygen atoms in total. The summed E-state index contributed by atoms with van der Waals surface area (Å²) < 4.78 is 0. The largest absolute Gasteiger partial charge is 0.366 e. The third-order valence-electron chi connectivity index (χ3n) is 5.91. The topological polar surface area (TPSA) is 37.8 Å². The zero-order valence-corrected chi connectivity index (χ0v) is 15.9. The minimum Gasteiger partial charge on any atom is -0.366 e. The van der Waals surface area contributed by atoms with E-state index in [0.717, 1.165) is 34.0 Å². The van der Waals surface area contributed by atoms with Crippen LogP contribution in [0.3, 0.4) is 0 Å². The summed E-state index contributed by atoms with van der Waals surface area (Å²) in [5.41, 5.74) is 3.30. The van der Waals surface area contributed by atoms with E-state index in [1.807, 2.05) is 6.07 Å². The quantitative estimate of drug-likeness (QED) is 0.648. The highest BCUT2D eigenvalue weighted by atomic mass is 15.1. The van der Waals surface area contributed by atoms with Crippen LogP contribution in [0.1, 0.15) is 38.7 Å². The van der Waals surface area contributed by atoms with E-state index >= 15 is 0 Å². The van der Waals surface area contributed by atoms with E-state index in [0.29, 0.717) is 12.0 Å². The molecule has 0 saturated heterocycles. The second-order valence-corrected chi connectivity index (χ2v) is 7.80. The first kappa shape index (κ1) is 17.0. The van der Waals surface area contributed by atoms with E-state index in [1.54, 1.807) is 0 Å². The Labute approximate surface area is 155 Å². The molecule has 3 unspecified atom stereocenters. The molecule has 1 N–H and O–H groups in total. The zero-order chi connectivity index (χ0) is 18.1. The molecule has 3 heteroatoms. The fourth-order valence-corrected chi connectivity index (χ4v) is 4.06. The number of nitrogens with zero attached hydrogens (tertiary/aromatic N) is 2. The van der Waals surface area contributed by atoms with Gasteiger partial charge in [-0.2, -0.15) is 0 Å². The number of rotatable bonds is 3. The van der Waals surface area contributed by atoms with Crippen molar-refractivity contribution in [2.75, 3.05) is 5.32 Å². The second kappa shape index (κ2) is 7.06. The predicted molar refractivity (Wildman–Crippen MR) is 109 cm³/mol. The lowest BCUT2D eigenvalue weighted by atomic mass is 9.78. The van der Waals surface area contributed by atoms with Gasteiger partial charge in [0.05, 0.1) is 5.52 Å². The summed E-state index contributed by atoms with van der Waals surface area (Å²) in [5, 5.41) is 4.88. The van der Waals surface area contributed by atoms with Crippen LogP contribution in [0.5, 0.6) is 0 Å². The molecule has 4 rings (SSSR count). The van der Waals surface area contributed by atoms with E-state index in [9.17, 15) is 0 Å². The van der Waals surface area contributed by atoms with Crippen LogP contribution < -0.4 is 5.32 Å². The molecule has 0 bridgehead atoms. The normalized spacial score (nSPS) is 23.1. The summed E-state index contributed by atoms with van der Waals surface area (Å²) in [6, 6.07) is 17.2. The third kappa shape index (κ3) is 3.31. The van der Waals surface area contributed by atoms with Crippen LogP contribution in [0, 0.1) is 18.8 Å². The lowest BCUT2D eigenvalue weighted by Crippen LogP contribution is -2.35. The summed E-state index contributed by atoms with van der Waals surface area (Å²) in [6.45, 7) is 6.84. The van der Waals surface area contributed by atoms with Gasteiger partial charge in [-0.05, 0) is 43.4 Å². The Morgan fingerprint density at radius 2 is 1.81 bits per heavy atom. The van der Waals surface area contributed by atoms with Crippen molar-refractivity contribution in [2.45, 2.75) is 46.1 Å². The molecule has 134 valence electrons. The highest BCUT2D eigenvalue weighted by Gasteiger charge is 2.27. The van der Waals surface area contributed by atoms with Crippen molar-refractivity contribution in [1.82, 2.24) is 9.97 Å². The average molecular weight is 345 g/mol. The standard InChI is InChI=1S/C23H27N3/c1-15-8-6-10-18(14-15)22-25-21-12-5-4-11-19(21)23(26-22)24-20-13-7-9-16(2)17(20)3/h4-6,8,10-12,14,16-17,20H,7,9,13H2,1-3H3,(H,24,25,26).